The average Bonchev–Trinajstić information content (AvgIpc) is 2.72. The molecule has 2 aromatic rings. The number of esters is 2. The number of ether oxygens (including phenoxy) is 3. The minimum Gasteiger partial charge on any atom is -0.444 e. The van der Waals surface area contributed by atoms with E-state index in [4.69, 9.17) is 25.8 Å². The summed E-state index contributed by atoms with van der Waals surface area (Å²) in [5.74, 6) is -6.86. The van der Waals surface area contributed by atoms with Gasteiger partial charge in [-0.1, -0.05) is 35.9 Å². The molecule has 0 aromatic heterocycles. The first kappa shape index (κ1) is 27.1. The van der Waals surface area contributed by atoms with Gasteiger partial charge in [0.05, 0.1) is 6.04 Å². The molecule has 0 spiro atoms. The highest BCUT2D eigenvalue weighted by molar-refractivity contribution is 6.30. The molecule has 192 valence electrons. The summed E-state index contributed by atoms with van der Waals surface area (Å²) in [4.78, 5) is 50.6. The SMILES string of the molecule is CC(C)(C)OC(=O)N[C@H](Cc1ccc(-c2cc(Cl)ccc2F)cc1)C(=O)C1C(=O)OC(C)(C)OC1=O. The smallest absolute Gasteiger partial charge is 0.408 e. The lowest BCUT2D eigenvalue weighted by Gasteiger charge is -2.33. The molecule has 0 saturated carbocycles. The zero-order valence-electron chi connectivity index (χ0n) is 20.5. The third-order valence-electron chi connectivity index (χ3n) is 5.12. The van der Waals surface area contributed by atoms with Crippen LogP contribution >= 0.6 is 11.6 Å². The first-order chi connectivity index (χ1) is 16.6. The number of carbonyl (C=O) groups excluding carboxylic acids is 4. The monoisotopic (exact) mass is 519 g/mol. The second kappa shape index (κ2) is 10.3. The van der Waals surface area contributed by atoms with Crippen molar-refractivity contribution in [1.82, 2.24) is 5.32 Å². The van der Waals surface area contributed by atoms with E-state index in [1.807, 2.05) is 0 Å². The summed E-state index contributed by atoms with van der Waals surface area (Å²) in [6.07, 6.45) is -0.993. The van der Waals surface area contributed by atoms with Crippen molar-refractivity contribution in [2.24, 2.45) is 5.92 Å². The zero-order valence-corrected chi connectivity index (χ0v) is 21.3. The van der Waals surface area contributed by atoms with Crippen molar-refractivity contribution >= 4 is 35.4 Å². The van der Waals surface area contributed by atoms with Crippen LogP contribution in [0.5, 0.6) is 0 Å². The molecule has 0 aliphatic carbocycles. The van der Waals surface area contributed by atoms with Crippen LogP contribution in [0.25, 0.3) is 11.1 Å². The van der Waals surface area contributed by atoms with Crippen molar-refractivity contribution in [2.45, 2.75) is 58.5 Å². The van der Waals surface area contributed by atoms with Crippen LogP contribution in [0.1, 0.15) is 40.2 Å². The largest absolute Gasteiger partial charge is 0.444 e. The van der Waals surface area contributed by atoms with E-state index < -0.39 is 53.0 Å². The number of Topliss-reactive ketones (excluding diaryl/α,β-unsaturated/α-hetero) is 1. The first-order valence-corrected chi connectivity index (χ1v) is 11.6. The standard InChI is InChI=1S/C26H27ClFNO7/c1-25(2,3)36-24(33)29-19(21(30)20-22(31)34-26(4,5)35-23(20)32)12-14-6-8-15(9-7-14)17-13-16(27)10-11-18(17)28/h6-11,13,19-20H,12H2,1-5H3,(H,29,33)/t19-/m1/s1. The predicted molar refractivity (Wildman–Crippen MR) is 128 cm³/mol. The molecule has 1 aliphatic heterocycles. The van der Waals surface area contributed by atoms with Crippen LogP contribution in [-0.2, 0) is 35.0 Å². The van der Waals surface area contributed by atoms with Gasteiger partial charge in [0.15, 0.2) is 5.78 Å². The van der Waals surface area contributed by atoms with E-state index in [1.54, 1.807) is 45.0 Å². The van der Waals surface area contributed by atoms with E-state index in [0.717, 1.165) is 0 Å². The highest BCUT2D eigenvalue weighted by Crippen LogP contribution is 2.28. The van der Waals surface area contributed by atoms with Crippen LogP contribution in [-0.4, -0.2) is 41.2 Å². The maximum absolute atomic E-state index is 14.2. The molecule has 0 radical (unpaired) electrons. The number of halogens is 2. The first-order valence-electron chi connectivity index (χ1n) is 11.2. The van der Waals surface area contributed by atoms with Crippen molar-refractivity contribution in [1.29, 1.82) is 0 Å². The second-order valence-corrected chi connectivity index (χ2v) is 10.2. The van der Waals surface area contributed by atoms with Crippen LogP contribution in [0.3, 0.4) is 0 Å². The molecular formula is C26H27ClFNO7. The third kappa shape index (κ3) is 6.81. The van der Waals surface area contributed by atoms with Crippen molar-refractivity contribution < 1.29 is 37.8 Å². The summed E-state index contributed by atoms with van der Waals surface area (Å²) in [5, 5.41) is 2.81. The number of rotatable bonds is 6. The number of cyclic esters (lactones) is 2. The summed E-state index contributed by atoms with van der Waals surface area (Å²) >= 11 is 5.98. The van der Waals surface area contributed by atoms with Crippen LogP contribution in [0, 0.1) is 11.7 Å². The lowest BCUT2D eigenvalue weighted by molar-refractivity contribution is -0.238. The van der Waals surface area contributed by atoms with E-state index in [0.29, 0.717) is 21.7 Å². The van der Waals surface area contributed by atoms with Gasteiger partial charge < -0.3 is 19.5 Å². The molecule has 1 amide bonds. The number of nitrogens with one attached hydrogen (secondary N) is 1. The quantitative estimate of drug-likeness (QED) is 0.439. The normalized spacial score (nSPS) is 16.5. The number of hydrogen-bond acceptors (Lipinski definition) is 7. The van der Waals surface area contributed by atoms with Crippen molar-refractivity contribution in [2.75, 3.05) is 0 Å². The van der Waals surface area contributed by atoms with Crippen LogP contribution in [0.15, 0.2) is 42.5 Å². The Balaban J connectivity index is 1.86. The summed E-state index contributed by atoms with van der Waals surface area (Å²) in [5.41, 5.74) is 0.549. The van der Waals surface area contributed by atoms with Gasteiger partial charge in [0.25, 0.3) is 5.79 Å². The van der Waals surface area contributed by atoms with Gasteiger partial charge in [0.2, 0.25) is 5.92 Å². The number of benzene rings is 2. The van der Waals surface area contributed by atoms with Gasteiger partial charge in [-0.2, -0.15) is 0 Å². The Bertz CT molecular complexity index is 1170. The molecule has 36 heavy (non-hydrogen) atoms. The Morgan fingerprint density at radius 3 is 2.22 bits per heavy atom. The van der Waals surface area contributed by atoms with Crippen LogP contribution in [0.2, 0.25) is 5.02 Å². The van der Waals surface area contributed by atoms with Gasteiger partial charge >= 0.3 is 18.0 Å². The topological polar surface area (TPSA) is 108 Å². The predicted octanol–water partition coefficient (Wildman–Crippen LogP) is 4.60. The van der Waals surface area contributed by atoms with Crippen LogP contribution < -0.4 is 5.32 Å². The van der Waals surface area contributed by atoms with Crippen molar-refractivity contribution in [3.63, 3.8) is 0 Å². The van der Waals surface area contributed by atoms with Gasteiger partial charge in [-0.3, -0.25) is 14.4 Å². The molecule has 0 bridgehead atoms. The molecule has 3 rings (SSSR count). The summed E-state index contributed by atoms with van der Waals surface area (Å²) in [7, 11) is 0. The zero-order chi connectivity index (χ0) is 26.8. The van der Waals surface area contributed by atoms with E-state index in [1.165, 1.54) is 32.0 Å². The molecule has 1 fully saturated rings. The molecule has 10 heteroatoms. The van der Waals surface area contributed by atoms with Crippen LogP contribution in [0.4, 0.5) is 9.18 Å². The Morgan fingerprint density at radius 2 is 1.67 bits per heavy atom. The van der Waals surface area contributed by atoms with Gasteiger partial charge in [-0.05, 0) is 56.5 Å². The number of hydrogen-bond donors (Lipinski definition) is 1. The Hall–Kier alpha value is -3.46. The molecule has 1 saturated heterocycles. The maximum atomic E-state index is 14.2. The lowest BCUT2D eigenvalue weighted by atomic mass is 9.92. The fourth-order valence-corrected chi connectivity index (χ4v) is 3.77. The lowest BCUT2D eigenvalue weighted by Crippen LogP contribution is -2.55. The Labute approximate surface area is 213 Å². The molecule has 1 N–H and O–H groups in total. The van der Waals surface area contributed by atoms with Gasteiger partial charge in [0, 0.05) is 24.4 Å². The minimum absolute atomic E-state index is 0.0865. The van der Waals surface area contributed by atoms with E-state index in [-0.39, 0.29) is 6.42 Å². The summed E-state index contributed by atoms with van der Waals surface area (Å²) in [6, 6.07) is 9.39. The highest BCUT2D eigenvalue weighted by Gasteiger charge is 2.49. The molecule has 8 nitrogen and oxygen atoms in total. The van der Waals surface area contributed by atoms with E-state index in [9.17, 15) is 23.6 Å². The number of amides is 1. The number of ketones is 1. The molecule has 2 aromatic carbocycles. The van der Waals surface area contributed by atoms with Gasteiger partial charge in [-0.15, -0.1) is 0 Å². The maximum Gasteiger partial charge on any atom is 0.408 e. The molecular weight excluding hydrogens is 493 g/mol. The van der Waals surface area contributed by atoms with E-state index in [2.05, 4.69) is 5.32 Å². The molecule has 1 atom stereocenters. The average molecular weight is 520 g/mol. The molecule has 1 aliphatic rings. The van der Waals surface area contributed by atoms with Crippen molar-refractivity contribution in [3.05, 3.63) is 58.9 Å². The van der Waals surface area contributed by atoms with Gasteiger partial charge in [-0.25, -0.2) is 9.18 Å². The Morgan fingerprint density at radius 1 is 1.08 bits per heavy atom. The third-order valence-corrected chi connectivity index (χ3v) is 5.35. The summed E-state index contributed by atoms with van der Waals surface area (Å²) < 4.78 is 29.6. The second-order valence-electron chi connectivity index (χ2n) is 9.80. The fraction of sp³-hybridized carbons (Fsp3) is 0.385. The van der Waals surface area contributed by atoms with E-state index >= 15 is 0 Å². The minimum atomic E-state index is -1.86. The van der Waals surface area contributed by atoms with Crippen molar-refractivity contribution in [3.8, 4) is 11.1 Å². The van der Waals surface area contributed by atoms with Gasteiger partial charge in [0.1, 0.15) is 11.4 Å². The molecule has 1 heterocycles. The Kier molecular flexibility index (Phi) is 7.73. The number of carbonyl (C=O) groups is 4. The summed E-state index contributed by atoms with van der Waals surface area (Å²) in [6.45, 7) is 7.67. The highest BCUT2D eigenvalue weighted by atomic mass is 35.5. The fourth-order valence-electron chi connectivity index (χ4n) is 3.60. The molecule has 0 unspecified atom stereocenters. The number of alkyl carbamates (subject to hydrolysis) is 1.